The van der Waals surface area contributed by atoms with Gasteiger partial charge in [-0.25, -0.2) is 13.8 Å². The van der Waals surface area contributed by atoms with Crippen LogP contribution in [0.5, 0.6) is 0 Å². The molecule has 0 saturated heterocycles. The summed E-state index contributed by atoms with van der Waals surface area (Å²) >= 11 is 1.37. The van der Waals surface area contributed by atoms with Crippen molar-refractivity contribution in [1.82, 2.24) is 9.97 Å². The molecule has 2 unspecified atom stereocenters. The SMILES string of the molecule is CC(SC1c2cc(/C=C/c3ccc4cc(F)c(F)cc4n3)ccc2C=Cc2ncccc21)C(=O)O. The maximum atomic E-state index is 13.6. The van der Waals surface area contributed by atoms with E-state index in [-0.39, 0.29) is 5.25 Å². The summed E-state index contributed by atoms with van der Waals surface area (Å²) in [6.07, 6.45) is 9.39. The number of carboxylic acid groups (broad SMARTS) is 1. The number of hydrogen-bond acceptors (Lipinski definition) is 4. The highest BCUT2D eigenvalue weighted by Gasteiger charge is 2.27. The number of aliphatic carboxylic acids is 1. The van der Waals surface area contributed by atoms with Crippen LogP contribution < -0.4 is 0 Å². The molecule has 1 N–H and O–H groups in total. The zero-order chi connectivity index (χ0) is 24.5. The van der Waals surface area contributed by atoms with Gasteiger partial charge in [0.15, 0.2) is 11.6 Å². The van der Waals surface area contributed by atoms with Crippen molar-refractivity contribution >= 4 is 52.9 Å². The highest BCUT2D eigenvalue weighted by Crippen LogP contribution is 2.43. The number of halogens is 2. The lowest BCUT2D eigenvalue weighted by atomic mass is 9.98. The molecule has 35 heavy (non-hydrogen) atoms. The topological polar surface area (TPSA) is 63.1 Å². The zero-order valence-corrected chi connectivity index (χ0v) is 19.5. The van der Waals surface area contributed by atoms with Crippen LogP contribution in [0, 0.1) is 11.6 Å². The molecule has 5 rings (SSSR count). The van der Waals surface area contributed by atoms with Gasteiger partial charge >= 0.3 is 5.97 Å². The summed E-state index contributed by atoms with van der Waals surface area (Å²) in [7, 11) is 0. The summed E-state index contributed by atoms with van der Waals surface area (Å²) in [5, 5.41) is 9.25. The van der Waals surface area contributed by atoms with E-state index in [9.17, 15) is 18.7 Å². The Hall–Kier alpha value is -3.84. The summed E-state index contributed by atoms with van der Waals surface area (Å²) in [4.78, 5) is 20.5. The molecule has 2 aromatic heterocycles. The molecule has 0 saturated carbocycles. The van der Waals surface area contributed by atoms with Crippen LogP contribution in [-0.2, 0) is 4.79 Å². The first-order valence-electron chi connectivity index (χ1n) is 11.0. The minimum absolute atomic E-state index is 0.209. The minimum atomic E-state index is -0.932. The summed E-state index contributed by atoms with van der Waals surface area (Å²) in [5.41, 5.74) is 5.67. The van der Waals surface area contributed by atoms with Crippen LogP contribution in [0.2, 0.25) is 0 Å². The van der Waals surface area contributed by atoms with Gasteiger partial charge in [0.25, 0.3) is 0 Å². The van der Waals surface area contributed by atoms with Crippen LogP contribution in [-0.4, -0.2) is 26.3 Å². The van der Waals surface area contributed by atoms with E-state index in [1.54, 1.807) is 25.3 Å². The summed E-state index contributed by atoms with van der Waals surface area (Å²) in [6.45, 7) is 1.69. The number of carboxylic acids is 1. The van der Waals surface area contributed by atoms with Gasteiger partial charge in [0.1, 0.15) is 5.25 Å². The van der Waals surface area contributed by atoms with Gasteiger partial charge in [0.05, 0.1) is 22.2 Å². The Morgan fingerprint density at radius 3 is 2.69 bits per heavy atom. The molecule has 4 aromatic rings. The molecule has 4 nitrogen and oxygen atoms in total. The Labute approximate surface area is 205 Å². The third kappa shape index (κ3) is 4.72. The van der Waals surface area contributed by atoms with Crippen LogP contribution in [0.1, 0.15) is 45.8 Å². The van der Waals surface area contributed by atoms with E-state index in [0.29, 0.717) is 16.6 Å². The average molecular weight is 487 g/mol. The van der Waals surface area contributed by atoms with Crippen molar-refractivity contribution in [1.29, 1.82) is 0 Å². The van der Waals surface area contributed by atoms with Crippen LogP contribution in [0.25, 0.3) is 35.2 Å². The van der Waals surface area contributed by atoms with Crippen LogP contribution in [0.15, 0.2) is 60.8 Å². The van der Waals surface area contributed by atoms with Crippen LogP contribution in [0.3, 0.4) is 0 Å². The number of nitrogens with zero attached hydrogens (tertiary/aromatic N) is 2. The quantitative estimate of drug-likeness (QED) is 0.334. The van der Waals surface area contributed by atoms with E-state index in [0.717, 1.165) is 40.1 Å². The molecule has 2 atom stereocenters. The van der Waals surface area contributed by atoms with E-state index >= 15 is 0 Å². The maximum Gasteiger partial charge on any atom is 0.316 e. The first kappa shape index (κ1) is 22.9. The summed E-state index contributed by atoms with van der Waals surface area (Å²) < 4.78 is 27.1. The molecule has 2 heterocycles. The second-order valence-corrected chi connectivity index (χ2v) is 9.68. The molecule has 7 heteroatoms. The first-order valence-corrected chi connectivity index (χ1v) is 11.9. The van der Waals surface area contributed by atoms with Gasteiger partial charge in [-0.05, 0) is 65.6 Å². The van der Waals surface area contributed by atoms with E-state index in [1.807, 2.05) is 54.6 Å². The molecule has 0 amide bonds. The van der Waals surface area contributed by atoms with E-state index in [4.69, 9.17) is 0 Å². The van der Waals surface area contributed by atoms with E-state index in [1.165, 1.54) is 11.8 Å². The molecule has 0 radical (unpaired) electrons. The van der Waals surface area contributed by atoms with E-state index in [2.05, 4.69) is 9.97 Å². The number of thioether (sulfide) groups is 1. The fourth-order valence-corrected chi connectivity index (χ4v) is 5.24. The van der Waals surface area contributed by atoms with Gasteiger partial charge in [-0.15, -0.1) is 11.8 Å². The predicted molar refractivity (Wildman–Crippen MR) is 137 cm³/mol. The minimum Gasteiger partial charge on any atom is -0.480 e. The standard InChI is InChI=1S/C28H20F2N2O2S/c1-16(28(33)34)35-27-21-3-2-12-31-25(21)11-8-18-6-4-17(13-22(18)27)5-9-20-10-7-19-14-23(29)24(30)15-26(19)32-20/h2-16,27H,1H3,(H,33,34)/b9-5+. The Morgan fingerprint density at radius 2 is 1.86 bits per heavy atom. The third-order valence-electron chi connectivity index (χ3n) is 5.86. The lowest BCUT2D eigenvalue weighted by Crippen LogP contribution is -2.15. The smallest absolute Gasteiger partial charge is 0.316 e. The number of rotatable bonds is 5. The maximum absolute atomic E-state index is 13.6. The molecular weight excluding hydrogens is 466 g/mol. The molecule has 0 spiro atoms. The number of fused-ring (bicyclic) bond motifs is 3. The highest BCUT2D eigenvalue weighted by molar-refractivity contribution is 8.01. The summed E-state index contributed by atoms with van der Waals surface area (Å²) in [5.74, 6) is -2.70. The van der Waals surface area contributed by atoms with Gasteiger partial charge in [-0.2, -0.15) is 0 Å². The lowest BCUT2D eigenvalue weighted by molar-refractivity contribution is -0.136. The molecule has 1 aliphatic carbocycles. The van der Waals surface area contributed by atoms with Crippen molar-refractivity contribution in [3.8, 4) is 0 Å². The van der Waals surface area contributed by atoms with Crippen molar-refractivity contribution in [2.45, 2.75) is 17.4 Å². The van der Waals surface area contributed by atoms with Gasteiger partial charge in [0.2, 0.25) is 0 Å². The number of carbonyl (C=O) groups is 1. The fraction of sp³-hybridized carbons (Fsp3) is 0.107. The molecule has 0 aliphatic heterocycles. The van der Waals surface area contributed by atoms with Gasteiger partial charge in [-0.1, -0.05) is 36.4 Å². The van der Waals surface area contributed by atoms with Crippen molar-refractivity contribution in [2.75, 3.05) is 0 Å². The largest absolute Gasteiger partial charge is 0.480 e. The van der Waals surface area contributed by atoms with Gasteiger partial charge in [0, 0.05) is 17.6 Å². The Balaban J connectivity index is 1.52. The van der Waals surface area contributed by atoms with Gasteiger partial charge in [-0.3, -0.25) is 9.78 Å². The number of hydrogen-bond donors (Lipinski definition) is 1. The Morgan fingerprint density at radius 1 is 1.03 bits per heavy atom. The molecular formula is C28H20F2N2O2S. The second-order valence-electron chi connectivity index (χ2n) is 8.22. The summed E-state index contributed by atoms with van der Waals surface area (Å²) in [6, 6.07) is 15.5. The second kappa shape index (κ2) is 9.43. The normalized spacial score (nSPS) is 15.6. The van der Waals surface area contributed by atoms with Crippen molar-refractivity contribution in [2.24, 2.45) is 0 Å². The van der Waals surface area contributed by atoms with Crippen molar-refractivity contribution in [3.63, 3.8) is 0 Å². The number of benzene rings is 2. The first-order chi connectivity index (χ1) is 16.9. The number of aromatic nitrogens is 2. The molecule has 0 bridgehead atoms. The van der Waals surface area contributed by atoms with Gasteiger partial charge < -0.3 is 5.11 Å². The van der Waals surface area contributed by atoms with Crippen molar-refractivity contribution in [3.05, 3.63) is 106 Å². The predicted octanol–water partition coefficient (Wildman–Crippen LogP) is 6.86. The van der Waals surface area contributed by atoms with Crippen LogP contribution in [0.4, 0.5) is 8.78 Å². The molecule has 1 aliphatic rings. The zero-order valence-electron chi connectivity index (χ0n) is 18.7. The monoisotopic (exact) mass is 486 g/mol. The Kier molecular flexibility index (Phi) is 6.17. The van der Waals surface area contributed by atoms with Crippen molar-refractivity contribution < 1.29 is 18.7 Å². The molecule has 2 aromatic carbocycles. The average Bonchev–Trinajstić information content (AvgIpc) is 3.00. The molecule has 174 valence electrons. The highest BCUT2D eigenvalue weighted by atomic mass is 32.2. The van der Waals surface area contributed by atoms with E-state index < -0.39 is 22.9 Å². The molecule has 0 fully saturated rings. The van der Waals surface area contributed by atoms with Crippen LogP contribution >= 0.6 is 11.8 Å². The lowest BCUT2D eigenvalue weighted by Gasteiger charge is -2.22. The third-order valence-corrected chi connectivity index (χ3v) is 7.25. The fourth-order valence-electron chi connectivity index (χ4n) is 4.02. The number of pyridine rings is 2. The Bertz CT molecular complexity index is 1520.